The Bertz CT molecular complexity index is 640. The molecule has 1 unspecified atom stereocenters. The molecule has 1 amide bonds. The summed E-state index contributed by atoms with van der Waals surface area (Å²) in [6.45, 7) is 0. The van der Waals surface area contributed by atoms with Gasteiger partial charge in [0.15, 0.2) is 5.65 Å². The highest BCUT2D eigenvalue weighted by atomic mass is 32.2. The lowest BCUT2D eigenvalue weighted by Crippen LogP contribution is -2.57. The Labute approximate surface area is 120 Å². The number of imidazole rings is 1. The molecule has 1 fully saturated rings. The second-order valence-electron chi connectivity index (χ2n) is 4.93. The molecule has 20 heavy (non-hydrogen) atoms. The van der Waals surface area contributed by atoms with E-state index in [0.29, 0.717) is 17.3 Å². The zero-order valence-corrected chi connectivity index (χ0v) is 11.9. The number of aromatic amines is 1. The Morgan fingerprint density at radius 2 is 2.35 bits per heavy atom. The number of fused-ring (bicyclic) bond motifs is 1. The van der Waals surface area contributed by atoms with Gasteiger partial charge in [0.2, 0.25) is 5.91 Å². The van der Waals surface area contributed by atoms with Crippen LogP contribution in [0.4, 0.5) is 0 Å². The molecule has 1 aliphatic rings. The fraction of sp³-hybridized carbons (Fsp3) is 0.500. The quantitative estimate of drug-likeness (QED) is 0.522. The molecular weight excluding hydrogens is 276 g/mol. The number of primary amides is 1. The van der Waals surface area contributed by atoms with Crippen LogP contribution in [0.1, 0.15) is 12.8 Å². The van der Waals surface area contributed by atoms with Gasteiger partial charge in [0.25, 0.3) is 0 Å². The number of likely N-dealkylation sites (N-methyl/N-ethyl adjacent to an activating group) is 1. The molecule has 0 saturated heterocycles. The Balaban J connectivity index is 1.84. The molecule has 8 heteroatoms. The summed E-state index contributed by atoms with van der Waals surface area (Å²) < 4.78 is 0. The molecule has 2 aromatic heterocycles. The molecule has 0 radical (unpaired) electrons. The lowest BCUT2D eigenvalue weighted by Gasteiger charge is -2.29. The van der Waals surface area contributed by atoms with Crippen molar-refractivity contribution in [1.29, 1.82) is 0 Å². The first kappa shape index (κ1) is 13.3. The van der Waals surface area contributed by atoms with Crippen LogP contribution in [-0.2, 0) is 4.79 Å². The van der Waals surface area contributed by atoms with E-state index in [9.17, 15) is 4.79 Å². The number of hydrogen-bond acceptors (Lipinski definition) is 6. The second kappa shape index (κ2) is 5.02. The number of nitrogens with one attached hydrogen (secondary N) is 2. The molecule has 106 valence electrons. The molecule has 3 rings (SSSR count). The summed E-state index contributed by atoms with van der Waals surface area (Å²) in [5.74, 6) is 0.566. The highest BCUT2D eigenvalue weighted by molar-refractivity contribution is 7.99. The van der Waals surface area contributed by atoms with Crippen LogP contribution >= 0.6 is 11.8 Å². The van der Waals surface area contributed by atoms with Gasteiger partial charge in [0.1, 0.15) is 22.4 Å². The molecular formula is C12H16N6OS. The van der Waals surface area contributed by atoms with Gasteiger partial charge < -0.3 is 16.0 Å². The van der Waals surface area contributed by atoms with Crippen molar-refractivity contribution in [2.75, 3.05) is 12.8 Å². The van der Waals surface area contributed by atoms with Crippen molar-refractivity contribution in [3.05, 3.63) is 12.7 Å². The molecule has 0 aromatic carbocycles. The molecule has 4 N–H and O–H groups in total. The maximum atomic E-state index is 11.9. The van der Waals surface area contributed by atoms with Crippen molar-refractivity contribution in [3.8, 4) is 0 Å². The van der Waals surface area contributed by atoms with E-state index in [1.165, 1.54) is 18.1 Å². The van der Waals surface area contributed by atoms with Crippen LogP contribution in [0.25, 0.3) is 11.2 Å². The van der Waals surface area contributed by atoms with Gasteiger partial charge in [-0.2, -0.15) is 0 Å². The first-order valence-corrected chi connectivity index (χ1v) is 7.41. The van der Waals surface area contributed by atoms with E-state index in [4.69, 9.17) is 5.73 Å². The number of nitrogens with two attached hydrogens (primary N) is 1. The normalized spacial score (nSPS) is 18.1. The Hall–Kier alpha value is -1.67. The van der Waals surface area contributed by atoms with Crippen molar-refractivity contribution in [2.24, 2.45) is 11.7 Å². The van der Waals surface area contributed by atoms with E-state index in [-0.39, 0.29) is 5.91 Å². The van der Waals surface area contributed by atoms with Gasteiger partial charge in [-0.3, -0.25) is 4.79 Å². The van der Waals surface area contributed by atoms with Crippen LogP contribution in [0.3, 0.4) is 0 Å². The summed E-state index contributed by atoms with van der Waals surface area (Å²) >= 11 is 1.50. The maximum Gasteiger partial charge on any atom is 0.238 e. The third-order valence-corrected chi connectivity index (χ3v) is 4.97. The van der Waals surface area contributed by atoms with Crippen molar-refractivity contribution in [1.82, 2.24) is 25.3 Å². The number of thioether (sulfide) groups is 1. The molecule has 1 atom stereocenters. The molecule has 0 bridgehead atoms. The average molecular weight is 292 g/mol. The Kier molecular flexibility index (Phi) is 3.35. The molecule has 2 aromatic rings. The number of rotatable bonds is 6. The van der Waals surface area contributed by atoms with Gasteiger partial charge in [-0.25, -0.2) is 15.0 Å². The van der Waals surface area contributed by atoms with Gasteiger partial charge in [-0.05, 0) is 25.8 Å². The van der Waals surface area contributed by atoms with Crippen LogP contribution in [-0.4, -0.2) is 44.2 Å². The molecule has 0 aliphatic heterocycles. The maximum absolute atomic E-state index is 11.9. The zero-order valence-electron chi connectivity index (χ0n) is 11.1. The number of aromatic nitrogens is 4. The Morgan fingerprint density at radius 3 is 3.00 bits per heavy atom. The molecule has 2 heterocycles. The van der Waals surface area contributed by atoms with Crippen LogP contribution in [0.5, 0.6) is 0 Å². The molecule has 7 nitrogen and oxygen atoms in total. The van der Waals surface area contributed by atoms with Gasteiger partial charge in [-0.15, -0.1) is 11.8 Å². The first-order chi connectivity index (χ1) is 9.67. The van der Waals surface area contributed by atoms with Crippen LogP contribution in [0, 0.1) is 5.92 Å². The SMILES string of the molecule is CNC(CSc1ncnc2nc[nH]c12)(C(N)=O)C1CC1. The van der Waals surface area contributed by atoms with Crippen LogP contribution in [0.15, 0.2) is 17.7 Å². The molecule has 1 aliphatic carbocycles. The number of nitrogens with zero attached hydrogens (tertiary/aromatic N) is 3. The third kappa shape index (κ3) is 2.14. The van der Waals surface area contributed by atoms with E-state index in [2.05, 4.69) is 25.3 Å². The topological polar surface area (TPSA) is 110 Å². The second-order valence-corrected chi connectivity index (χ2v) is 5.89. The number of H-pyrrole nitrogens is 1. The highest BCUT2D eigenvalue weighted by Gasteiger charge is 2.48. The molecule has 0 spiro atoms. The van der Waals surface area contributed by atoms with Gasteiger partial charge in [0.05, 0.1) is 6.33 Å². The minimum absolute atomic E-state index is 0.301. The molecule has 1 saturated carbocycles. The Morgan fingerprint density at radius 1 is 1.55 bits per heavy atom. The lowest BCUT2D eigenvalue weighted by atomic mass is 9.95. The predicted molar refractivity (Wildman–Crippen MR) is 76.1 cm³/mol. The van der Waals surface area contributed by atoms with Gasteiger partial charge in [-0.1, -0.05) is 0 Å². The fourth-order valence-electron chi connectivity index (χ4n) is 2.40. The smallest absolute Gasteiger partial charge is 0.238 e. The highest BCUT2D eigenvalue weighted by Crippen LogP contribution is 2.42. The fourth-order valence-corrected chi connectivity index (χ4v) is 3.70. The van der Waals surface area contributed by atoms with Gasteiger partial charge in [0, 0.05) is 5.75 Å². The minimum Gasteiger partial charge on any atom is -0.368 e. The standard InChI is InChI=1S/C12H16N6OS/c1-14-12(11(13)19,7-2-3-7)4-20-10-8-9(16-5-15-8)17-6-18-10/h5-7,14H,2-4H2,1H3,(H2,13,19)(H,15,16,17,18). The number of amides is 1. The van der Waals surface area contributed by atoms with Crippen molar-refractivity contribution in [2.45, 2.75) is 23.4 Å². The van der Waals surface area contributed by atoms with Gasteiger partial charge >= 0.3 is 0 Å². The summed E-state index contributed by atoms with van der Waals surface area (Å²) in [5, 5.41) is 3.91. The average Bonchev–Trinajstić information content (AvgIpc) is 3.17. The summed E-state index contributed by atoms with van der Waals surface area (Å²) in [6, 6.07) is 0. The lowest BCUT2D eigenvalue weighted by molar-refractivity contribution is -0.124. The van der Waals surface area contributed by atoms with E-state index >= 15 is 0 Å². The van der Waals surface area contributed by atoms with E-state index in [1.54, 1.807) is 13.4 Å². The van der Waals surface area contributed by atoms with Crippen molar-refractivity contribution < 1.29 is 4.79 Å². The number of carbonyl (C=O) groups excluding carboxylic acids is 1. The van der Waals surface area contributed by atoms with Crippen molar-refractivity contribution >= 4 is 28.8 Å². The number of carbonyl (C=O) groups is 1. The van der Waals surface area contributed by atoms with E-state index < -0.39 is 5.54 Å². The van der Waals surface area contributed by atoms with Crippen molar-refractivity contribution in [3.63, 3.8) is 0 Å². The van der Waals surface area contributed by atoms with Crippen LogP contribution in [0.2, 0.25) is 0 Å². The zero-order chi connectivity index (χ0) is 14.2. The summed E-state index contributed by atoms with van der Waals surface area (Å²) in [5.41, 5.74) is 6.37. The minimum atomic E-state index is -0.665. The predicted octanol–water partition coefficient (Wildman–Crippen LogP) is 0.298. The summed E-state index contributed by atoms with van der Waals surface area (Å²) in [4.78, 5) is 27.3. The first-order valence-electron chi connectivity index (χ1n) is 6.43. The third-order valence-electron chi connectivity index (χ3n) is 3.78. The largest absolute Gasteiger partial charge is 0.368 e. The summed E-state index contributed by atoms with van der Waals surface area (Å²) in [6.07, 6.45) is 5.14. The van der Waals surface area contributed by atoms with Crippen LogP contribution < -0.4 is 11.1 Å². The summed E-state index contributed by atoms with van der Waals surface area (Å²) in [7, 11) is 1.79. The van der Waals surface area contributed by atoms with E-state index in [0.717, 1.165) is 23.4 Å². The number of hydrogen-bond donors (Lipinski definition) is 3. The van der Waals surface area contributed by atoms with E-state index in [1.807, 2.05) is 0 Å². The monoisotopic (exact) mass is 292 g/mol.